The summed E-state index contributed by atoms with van der Waals surface area (Å²) >= 11 is 0. The normalized spacial score (nSPS) is 25.3. The standard InChI is InChI=1S/C15H30N/c1-2-3-6-11-16(12-7-8-13-16)14-15-9-4-5-10-15/h15H,2-14H2,1H3/q+1. The fraction of sp³-hybridized carbons (Fsp3) is 1.00. The largest absolute Gasteiger partial charge is 0.323 e. The van der Waals surface area contributed by atoms with Gasteiger partial charge in [-0.05, 0) is 25.7 Å². The quantitative estimate of drug-likeness (QED) is 0.473. The molecule has 0 aromatic rings. The molecule has 0 spiro atoms. The summed E-state index contributed by atoms with van der Waals surface area (Å²) in [6, 6.07) is 0. The number of hydrogen-bond acceptors (Lipinski definition) is 0. The first-order valence-corrected chi connectivity index (χ1v) is 7.70. The SMILES string of the molecule is CCCCC[N+]1(CC2CCCC2)CCCC1. The zero-order valence-electron chi connectivity index (χ0n) is 11.2. The molecule has 1 saturated carbocycles. The Labute approximate surface area is 102 Å². The molecule has 1 nitrogen and oxygen atoms in total. The van der Waals surface area contributed by atoms with Crippen LogP contribution in [0.1, 0.15) is 64.7 Å². The number of rotatable bonds is 6. The minimum absolute atomic E-state index is 1.08. The lowest BCUT2D eigenvalue weighted by molar-refractivity contribution is -0.920. The van der Waals surface area contributed by atoms with E-state index in [9.17, 15) is 0 Å². The molecule has 1 heterocycles. The maximum absolute atomic E-state index is 2.32. The van der Waals surface area contributed by atoms with Crippen molar-refractivity contribution >= 4 is 0 Å². The fourth-order valence-electron chi connectivity index (χ4n) is 3.94. The lowest BCUT2D eigenvalue weighted by Gasteiger charge is -2.36. The number of hydrogen-bond donors (Lipinski definition) is 0. The van der Waals surface area contributed by atoms with Crippen LogP contribution in [-0.2, 0) is 0 Å². The molecule has 1 aliphatic heterocycles. The van der Waals surface area contributed by atoms with Crippen molar-refractivity contribution in [3.05, 3.63) is 0 Å². The summed E-state index contributed by atoms with van der Waals surface area (Å²) in [5, 5.41) is 0. The molecule has 0 bridgehead atoms. The zero-order valence-corrected chi connectivity index (χ0v) is 11.2. The fourth-order valence-corrected chi connectivity index (χ4v) is 3.94. The minimum Gasteiger partial charge on any atom is -0.323 e. The molecular formula is C15H30N+. The molecule has 0 radical (unpaired) electrons. The maximum Gasteiger partial charge on any atom is 0.0815 e. The van der Waals surface area contributed by atoms with Crippen molar-refractivity contribution in [2.75, 3.05) is 26.2 Å². The van der Waals surface area contributed by atoms with Gasteiger partial charge in [0.2, 0.25) is 0 Å². The van der Waals surface area contributed by atoms with Crippen LogP contribution in [0.4, 0.5) is 0 Å². The molecule has 94 valence electrons. The molecule has 2 rings (SSSR count). The van der Waals surface area contributed by atoms with Crippen LogP contribution < -0.4 is 0 Å². The van der Waals surface area contributed by atoms with Crippen molar-refractivity contribution in [3.8, 4) is 0 Å². The topological polar surface area (TPSA) is 0 Å². The minimum atomic E-state index is 1.08. The average molecular weight is 224 g/mol. The van der Waals surface area contributed by atoms with Gasteiger partial charge in [-0.15, -0.1) is 0 Å². The van der Waals surface area contributed by atoms with Gasteiger partial charge in [0, 0.05) is 18.8 Å². The lowest BCUT2D eigenvalue weighted by Crippen LogP contribution is -2.48. The Morgan fingerprint density at radius 1 is 0.938 bits per heavy atom. The highest BCUT2D eigenvalue weighted by Gasteiger charge is 2.34. The van der Waals surface area contributed by atoms with Crippen LogP contribution in [0.15, 0.2) is 0 Å². The summed E-state index contributed by atoms with van der Waals surface area (Å²) in [7, 11) is 0. The van der Waals surface area contributed by atoms with E-state index in [4.69, 9.17) is 0 Å². The van der Waals surface area contributed by atoms with E-state index < -0.39 is 0 Å². The molecule has 0 unspecified atom stereocenters. The van der Waals surface area contributed by atoms with Crippen LogP contribution in [-0.4, -0.2) is 30.7 Å². The van der Waals surface area contributed by atoms with Gasteiger partial charge in [-0.2, -0.15) is 0 Å². The first-order chi connectivity index (χ1) is 7.85. The van der Waals surface area contributed by atoms with E-state index in [2.05, 4.69) is 6.92 Å². The number of likely N-dealkylation sites (tertiary alicyclic amines) is 1. The summed E-state index contributed by atoms with van der Waals surface area (Å²) in [6.45, 7) is 8.35. The van der Waals surface area contributed by atoms with Gasteiger partial charge in [0.25, 0.3) is 0 Å². The highest BCUT2D eigenvalue weighted by molar-refractivity contribution is 4.69. The highest BCUT2D eigenvalue weighted by Crippen LogP contribution is 2.31. The Kier molecular flexibility index (Phi) is 4.69. The second-order valence-corrected chi connectivity index (χ2v) is 6.26. The maximum atomic E-state index is 2.32. The molecule has 0 atom stereocenters. The van der Waals surface area contributed by atoms with Crippen molar-refractivity contribution in [2.24, 2.45) is 5.92 Å². The van der Waals surface area contributed by atoms with E-state index in [-0.39, 0.29) is 0 Å². The molecule has 0 N–H and O–H groups in total. The molecule has 1 saturated heterocycles. The molecule has 0 aromatic heterocycles. The molecule has 16 heavy (non-hydrogen) atoms. The second-order valence-electron chi connectivity index (χ2n) is 6.26. The molecule has 0 amide bonds. The Morgan fingerprint density at radius 2 is 1.62 bits per heavy atom. The first-order valence-electron chi connectivity index (χ1n) is 7.70. The van der Waals surface area contributed by atoms with Crippen LogP contribution in [0.5, 0.6) is 0 Å². The first kappa shape index (κ1) is 12.4. The number of quaternary nitrogens is 1. The molecule has 2 fully saturated rings. The van der Waals surface area contributed by atoms with Gasteiger partial charge in [-0.25, -0.2) is 0 Å². The second kappa shape index (κ2) is 6.05. The van der Waals surface area contributed by atoms with E-state index >= 15 is 0 Å². The van der Waals surface area contributed by atoms with E-state index in [1.165, 1.54) is 88.4 Å². The van der Waals surface area contributed by atoms with E-state index in [1.807, 2.05) is 0 Å². The Morgan fingerprint density at radius 3 is 2.25 bits per heavy atom. The predicted octanol–water partition coefficient (Wildman–Crippen LogP) is 3.98. The Bertz CT molecular complexity index is 188. The molecule has 1 aliphatic carbocycles. The van der Waals surface area contributed by atoms with Crippen LogP contribution in [0.3, 0.4) is 0 Å². The third-order valence-corrected chi connectivity index (χ3v) is 4.87. The van der Waals surface area contributed by atoms with Crippen molar-refractivity contribution < 1.29 is 4.48 Å². The average Bonchev–Trinajstić information content (AvgIpc) is 2.91. The summed E-state index contributed by atoms with van der Waals surface area (Å²) in [4.78, 5) is 0. The van der Waals surface area contributed by atoms with Gasteiger partial charge in [-0.3, -0.25) is 0 Å². The van der Waals surface area contributed by atoms with Gasteiger partial charge in [0.05, 0.1) is 26.2 Å². The summed E-state index contributed by atoms with van der Waals surface area (Å²) in [5.41, 5.74) is 0. The molecule has 1 heteroatoms. The monoisotopic (exact) mass is 224 g/mol. The van der Waals surface area contributed by atoms with Gasteiger partial charge in [-0.1, -0.05) is 26.2 Å². The van der Waals surface area contributed by atoms with Crippen LogP contribution >= 0.6 is 0 Å². The third-order valence-electron chi connectivity index (χ3n) is 4.87. The lowest BCUT2D eigenvalue weighted by atomic mass is 10.1. The van der Waals surface area contributed by atoms with Gasteiger partial charge in [0.1, 0.15) is 0 Å². The molecule has 0 aromatic carbocycles. The van der Waals surface area contributed by atoms with Crippen molar-refractivity contribution in [2.45, 2.75) is 64.7 Å². The van der Waals surface area contributed by atoms with Gasteiger partial charge < -0.3 is 4.48 Å². The number of unbranched alkanes of at least 4 members (excludes halogenated alkanes) is 2. The zero-order chi connectivity index (χ0) is 11.3. The summed E-state index contributed by atoms with van der Waals surface area (Å²) < 4.78 is 1.50. The highest BCUT2D eigenvalue weighted by atomic mass is 15.4. The van der Waals surface area contributed by atoms with E-state index in [1.54, 1.807) is 0 Å². The van der Waals surface area contributed by atoms with Crippen LogP contribution in [0.2, 0.25) is 0 Å². The molecule has 2 aliphatic rings. The van der Waals surface area contributed by atoms with Crippen molar-refractivity contribution in [3.63, 3.8) is 0 Å². The van der Waals surface area contributed by atoms with Crippen LogP contribution in [0, 0.1) is 5.92 Å². The number of nitrogens with zero attached hydrogens (tertiary/aromatic N) is 1. The molecular weight excluding hydrogens is 194 g/mol. The van der Waals surface area contributed by atoms with Crippen LogP contribution in [0.25, 0.3) is 0 Å². The van der Waals surface area contributed by atoms with E-state index in [0.717, 1.165) is 5.92 Å². The van der Waals surface area contributed by atoms with Gasteiger partial charge in [0.15, 0.2) is 0 Å². The van der Waals surface area contributed by atoms with E-state index in [0.29, 0.717) is 0 Å². The summed E-state index contributed by atoms with van der Waals surface area (Å²) in [5.74, 6) is 1.08. The third kappa shape index (κ3) is 3.23. The van der Waals surface area contributed by atoms with Crippen molar-refractivity contribution in [1.29, 1.82) is 0 Å². The predicted molar refractivity (Wildman–Crippen MR) is 70.4 cm³/mol. The Hall–Kier alpha value is -0.0400. The smallest absolute Gasteiger partial charge is 0.0815 e. The summed E-state index contributed by atoms with van der Waals surface area (Å²) in [6.07, 6.45) is 13.4. The van der Waals surface area contributed by atoms with Gasteiger partial charge >= 0.3 is 0 Å². The van der Waals surface area contributed by atoms with Crippen molar-refractivity contribution in [1.82, 2.24) is 0 Å². The Balaban J connectivity index is 1.82.